The number of halogens is 2. The smallest absolute Gasteiger partial charge is 0.228 e. The first kappa shape index (κ1) is 20.9. The molecule has 164 valence electrons. The molecule has 2 heterocycles. The molecule has 6 rings (SSSR count). The molecule has 0 radical (unpaired) electrons. The van der Waals surface area contributed by atoms with Crippen molar-refractivity contribution in [3.8, 4) is 0 Å². The van der Waals surface area contributed by atoms with Crippen LogP contribution in [0.4, 0.5) is 4.39 Å². The van der Waals surface area contributed by atoms with Crippen molar-refractivity contribution < 1.29 is 9.18 Å². The van der Waals surface area contributed by atoms with Gasteiger partial charge in [-0.2, -0.15) is 0 Å². The van der Waals surface area contributed by atoms with Gasteiger partial charge in [0.15, 0.2) is 0 Å². The molecule has 1 aliphatic heterocycles. The van der Waals surface area contributed by atoms with E-state index in [4.69, 9.17) is 0 Å². The lowest BCUT2D eigenvalue weighted by Crippen LogP contribution is -2.60. The number of alkyl halides is 2. The number of aryl methyl sites for hydroxylation is 1. The Morgan fingerprint density at radius 2 is 1.93 bits per heavy atom. The Balaban J connectivity index is 1.16. The molecule has 0 aromatic carbocycles. The Labute approximate surface area is 187 Å². The summed E-state index contributed by atoms with van der Waals surface area (Å²) >= 11 is 4.01. The zero-order chi connectivity index (χ0) is 21.0. The normalized spacial score (nSPS) is 36.8. The third-order valence-corrected chi connectivity index (χ3v) is 9.04. The number of aromatic nitrogens is 1. The van der Waals surface area contributed by atoms with Crippen LogP contribution in [0.25, 0.3) is 0 Å². The summed E-state index contributed by atoms with van der Waals surface area (Å²) in [6.07, 6.45) is 9.54. The molecule has 1 saturated heterocycles. The molecule has 2 unspecified atom stereocenters. The highest BCUT2D eigenvalue weighted by atomic mass is 79.9. The first-order valence-corrected chi connectivity index (χ1v) is 12.4. The molecule has 1 aromatic rings. The molecular weight excluding hydrogens is 445 g/mol. The zero-order valence-electron chi connectivity index (χ0n) is 17.9. The van der Waals surface area contributed by atoms with Crippen molar-refractivity contribution in [2.75, 3.05) is 19.6 Å². The maximum Gasteiger partial charge on any atom is 0.228 e. The molecule has 0 spiro atoms. The summed E-state index contributed by atoms with van der Waals surface area (Å²) in [7, 11) is 0. The third-order valence-electron chi connectivity index (χ3n) is 8.11. The second-order valence-corrected chi connectivity index (χ2v) is 12.4. The van der Waals surface area contributed by atoms with Crippen LogP contribution in [0.1, 0.15) is 62.6 Å². The Morgan fingerprint density at radius 1 is 1.23 bits per heavy atom. The molecule has 4 bridgehead atoms. The molecule has 4 atom stereocenters. The average Bonchev–Trinajstić information content (AvgIpc) is 2.68. The summed E-state index contributed by atoms with van der Waals surface area (Å²) in [4.78, 5) is 20.0. The molecule has 5 aliphatic rings. The quantitative estimate of drug-likeness (QED) is 0.632. The van der Waals surface area contributed by atoms with Crippen LogP contribution in [0.5, 0.6) is 0 Å². The lowest BCUT2D eigenvalue weighted by molar-refractivity contribution is -0.158. The van der Waals surface area contributed by atoms with E-state index in [0.29, 0.717) is 56.8 Å². The van der Waals surface area contributed by atoms with Gasteiger partial charge >= 0.3 is 0 Å². The highest BCUT2D eigenvalue weighted by Gasteiger charge is 2.60. The van der Waals surface area contributed by atoms with Gasteiger partial charge in [-0.25, -0.2) is 4.39 Å². The van der Waals surface area contributed by atoms with Crippen molar-refractivity contribution in [1.82, 2.24) is 15.2 Å². The number of nitrogens with zero attached hydrogens (tertiary/aromatic N) is 2. The van der Waals surface area contributed by atoms with E-state index in [1.165, 1.54) is 19.3 Å². The Morgan fingerprint density at radius 3 is 2.53 bits per heavy atom. The molecule has 6 heteroatoms. The van der Waals surface area contributed by atoms with Gasteiger partial charge in [0, 0.05) is 49.5 Å². The number of hydrogen-bond acceptors (Lipinski definition) is 3. The maximum atomic E-state index is 15.4. The third kappa shape index (κ3) is 3.94. The van der Waals surface area contributed by atoms with Crippen LogP contribution in [0, 0.1) is 24.2 Å². The number of pyridine rings is 1. The van der Waals surface area contributed by atoms with Gasteiger partial charge in [-0.3, -0.25) is 9.78 Å². The standard InChI is InChI=1S/C24H33BrFN3O/c1-17-2-3-20(28-13-17)14-27-16-24(26)4-6-29(7-5-24)21(30)22-9-18-8-19(10-22)12-23(25,11-18)15-22/h2-3,13,18-19,27H,4-12,14-16H2,1H3/t18-,19+,22?,23?. The van der Waals surface area contributed by atoms with Gasteiger partial charge in [0.1, 0.15) is 5.67 Å². The first-order chi connectivity index (χ1) is 14.3. The number of amides is 1. The van der Waals surface area contributed by atoms with Crippen molar-refractivity contribution in [2.45, 2.75) is 74.8 Å². The lowest BCUT2D eigenvalue weighted by Gasteiger charge is -2.60. The molecule has 4 nitrogen and oxygen atoms in total. The van der Waals surface area contributed by atoms with Crippen LogP contribution in [0.2, 0.25) is 0 Å². The van der Waals surface area contributed by atoms with E-state index in [9.17, 15) is 4.79 Å². The number of likely N-dealkylation sites (tertiary alicyclic amines) is 1. The van der Waals surface area contributed by atoms with E-state index in [2.05, 4.69) is 26.2 Å². The van der Waals surface area contributed by atoms with E-state index in [-0.39, 0.29) is 9.74 Å². The highest BCUT2D eigenvalue weighted by molar-refractivity contribution is 9.10. The fourth-order valence-corrected chi connectivity index (χ4v) is 8.49. The van der Waals surface area contributed by atoms with Gasteiger partial charge < -0.3 is 10.2 Å². The summed E-state index contributed by atoms with van der Waals surface area (Å²) < 4.78 is 15.6. The number of rotatable bonds is 5. The average molecular weight is 478 g/mol. The Bertz CT molecular complexity index is 791. The maximum absolute atomic E-state index is 15.4. The van der Waals surface area contributed by atoms with Gasteiger partial charge in [-0.15, -0.1) is 0 Å². The molecule has 1 amide bonds. The van der Waals surface area contributed by atoms with Crippen LogP contribution in [-0.4, -0.2) is 45.4 Å². The number of carbonyl (C=O) groups is 1. The van der Waals surface area contributed by atoms with Crippen molar-refractivity contribution >= 4 is 21.8 Å². The minimum absolute atomic E-state index is 0.181. The number of nitrogens with one attached hydrogen (secondary N) is 1. The number of hydrogen-bond donors (Lipinski definition) is 1. The predicted molar refractivity (Wildman–Crippen MR) is 119 cm³/mol. The fourth-order valence-electron chi connectivity index (χ4n) is 7.04. The predicted octanol–water partition coefficient (Wildman–Crippen LogP) is 4.54. The van der Waals surface area contributed by atoms with Crippen LogP contribution >= 0.6 is 15.9 Å². The van der Waals surface area contributed by atoms with Crippen LogP contribution < -0.4 is 5.32 Å². The summed E-state index contributed by atoms with van der Waals surface area (Å²) in [6, 6.07) is 4.01. The van der Waals surface area contributed by atoms with E-state index in [1.54, 1.807) is 0 Å². The van der Waals surface area contributed by atoms with Gasteiger partial charge in [-0.1, -0.05) is 22.0 Å². The largest absolute Gasteiger partial charge is 0.342 e. The minimum atomic E-state index is -1.24. The zero-order valence-corrected chi connectivity index (χ0v) is 19.5. The topological polar surface area (TPSA) is 45.2 Å². The van der Waals surface area contributed by atoms with E-state index < -0.39 is 5.67 Å². The van der Waals surface area contributed by atoms with Gasteiger partial charge in [-0.05, 0) is 68.9 Å². The molecule has 4 aliphatic carbocycles. The van der Waals surface area contributed by atoms with Gasteiger partial charge in [0.05, 0.1) is 11.1 Å². The SMILES string of the molecule is Cc1ccc(CNCC2(F)CCN(C(=O)C34C[C@@H]5C[C@@H](CC(Br)(C5)C3)C4)CC2)nc1. The molecule has 1 aromatic heterocycles. The molecule has 30 heavy (non-hydrogen) atoms. The summed E-state index contributed by atoms with van der Waals surface area (Å²) in [6.45, 7) is 4.01. The van der Waals surface area contributed by atoms with E-state index >= 15 is 4.39 Å². The molecular formula is C24H33BrFN3O. The summed E-state index contributed by atoms with van der Waals surface area (Å²) in [5, 5.41) is 3.24. The highest BCUT2D eigenvalue weighted by Crippen LogP contribution is 2.65. The minimum Gasteiger partial charge on any atom is -0.342 e. The van der Waals surface area contributed by atoms with Crippen LogP contribution in [0.3, 0.4) is 0 Å². The second-order valence-electron chi connectivity index (χ2n) is 10.8. The van der Waals surface area contributed by atoms with Crippen LogP contribution in [0.15, 0.2) is 18.3 Å². The lowest BCUT2D eigenvalue weighted by atomic mass is 9.49. The van der Waals surface area contributed by atoms with E-state index in [0.717, 1.165) is 30.5 Å². The Kier molecular flexibility index (Phi) is 5.25. The number of carbonyl (C=O) groups excluding carboxylic acids is 1. The summed E-state index contributed by atoms with van der Waals surface area (Å²) in [5.74, 6) is 1.71. The van der Waals surface area contributed by atoms with Crippen molar-refractivity contribution in [1.29, 1.82) is 0 Å². The Hall–Kier alpha value is -1.01. The van der Waals surface area contributed by atoms with E-state index in [1.807, 2.05) is 30.2 Å². The first-order valence-electron chi connectivity index (χ1n) is 11.6. The molecule has 1 N–H and O–H groups in total. The second kappa shape index (κ2) is 7.54. The van der Waals surface area contributed by atoms with Gasteiger partial charge in [0.25, 0.3) is 0 Å². The fraction of sp³-hybridized carbons (Fsp3) is 0.750. The molecule has 5 fully saturated rings. The molecule has 4 saturated carbocycles. The van der Waals surface area contributed by atoms with Crippen molar-refractivity contribution in [2.24, 2.45) is 17.3 Å². The number of piperidine rings is 1. The van der Waals surface area contributed by atoms with Crippen molar-refractivity contribution in [3.63, 3.8) is 0 Å². The monoisotopic (exact) mass is 477 g/mol. The summed E-state index contributed by atoms with van der Waals surface area (Å²) in [5.41, 5.74) is 0.642. The van der Waals surface area contributed by atoms with Crippen LogP contribution in [-0.2, 0) is 11.3 Å². The van der Waals surface area contributed by atoms with Gasteiger partial charge in [0.2, 0.25) is 5.91 Å². The van der Waals surface area contributed by atoms with Crippen molar-refractivity contribution in [3.05, 3.63) is 29.6 Å².